The van der Waals surface area contributed by atoms with E-state index in [9.17, 15) is 14.0 Å². The fraction of sp³-hybridized carbons (Fsp3) is 0.211. The van der Waals surface area contributed by atoms with Crippen LogP contribution in [0.4, 0.5) is 14.3 Å². The number of nitrogens with zero attached hydrogens (tertiary/aromatic N) is 1. The number of fused-ring (bicyclic) bond motifs is 1. The molecule has 1 aromatic heterocycles. The summed E-state index contributed by atoms with van der Waals surface area (Å²) in [6, 6.07) is 10.8. The molecule has 0 aliphatic carbocycles. The molecule has 0 aliphatic rings. The normalized spacial score (nSPS) is 10.5. The largest absolute Gasteiger partial charge is 0.494 e. The Morgan fingerprint density at radius 2 is 1.93 bits per heavy atom. The Morgan fingerprint density at radius 3 is 2.68 bits per heavy atom. The first-order valence-electron chi connectivity index (χ1n) is 8.63. The molecule has 0 saturated heterocycles. The smallest absolute Gasteiger partial charge is 0.315 e. The van der Waals surface area contributed by atoms with Gasteiger partial charge >= 0.3 is 6.03 Å². The Balaban J connectivity index is 1.46. The maximum atomic E-state index is 12.8. The van der Waals surface area contributed by atoms with Crippen LogP contribution in [0.15, 0.2) is 42.5 Å². The van der Waals surface area contributed by atoms with Gasteiger partial charge in [0.1, 0.15) is 11.6 Å². The number of nitrogens with one attached hydrogen (secondary N) is 3. The lowest BCUT2D eigenvalue weighted by atomic mass is 10.2. The van der Waals surface area contributed by atoms with Gasteiger partial charge in [0.2, 0.25) is 5.91 Å². The summed E-state index contributed by atoms with van der Waals surface area (Å²) in [6.45, 7) is 2.51. The van der Waals surface area contributed by atoms with Gasteiger partial charge in [0.15, 0.2) is 5.13 Å². The summed E-state index contributed by atoms with van der Waals surface area (Å²) in [4.78, 5) is 28.1. The lowest BCUT2D eigenvalue weighted by Gasteiger charge is -2.07. The van der Waals surface area contributed by atoms with Gasteiger partial charge in [-0.2, -0.15) is 0 Å². The fourth-order valence-electron chi connectivity index (χ4n) is 2.39. The first-order chi connectivity index (χ1) is 13.5. The van der Waals surface area contributed by atoms with Gasteiger partial charge in [-0.1, -0.05) is 23.5 Å². The van der Waals surface area contributed by atoms with E-state index in [1.54, 1.807) is 12.1 Å². The molecule has 0 atom stereocenters. The van der Waals surface area contributed by atoms with Crippen LogP contribution in [0.3, 0.4) is 0 Å². The number of benzene rings is 2. The van der Waals surface area contributed by atoms with Gasteiger partial charge in [0.25, 0.3) is 0 Å². The molecule has 2 aromatic carbocycles. The van der Waals surface area contributed by atoms with Crippen molar-refractivity contribution in [3.05, 3.63) is 53.8 Å². The van der Waals surface area contributed by atoms with Crippen LogP contribution >= 0.6 is 11.3 Å². The number of amides is 3. The van der Waals surface area contributed by atoms with Crippen molar-refractivity contribution in [2.45, 2.75) is 13.5 Å². The van der Waals surface area contributed by atoms with Crippen molar-refractivity contribution in [3.8, 4) is 5.75 Å². The zero-order valence-corrected chi connectivity index (χ0v) is 15.9. The molecule has 3 N–H and O–H groups in total. The summed E-state index contributed by atoms with van der Waals surface area (Å²) in [5.74, 6) is 0.0193. The molecule has 0 bridgehead atoms. The number of halogens is 1. The molecule has 0 aliphatic heterocycles. The predicted octanol–water partition coefficient (Wildman–Crippen LogP) is 3.27. The maximum Gasteiger partial charge on any atom is 0.315 e. The number of anilines is 1. The Labute approximate surface area is 164 Å². The highest BCUT2D eigenvalue weighted by Gasteiger charge is 2.10. The zero-order valence-electron chi connectivity index (χ0n) is 15.1. The summed E-state index contributed by atoms with van der Waals surface area (Å²) in [7, 11) is 0. The third-order valence-corrected chi connectivity index (χ3v) is 4.63. The van der Waals surface area contributed by atoms with Crippen molar-refractivity contribution in [2.75, 3.05) is 18.5 Å². The molecule has 28 heavy (non-hydrogen) atoms. The molecule has 0 unspecified atom stereocenters. The first kappa shape index (κ1) is 19.6. The van der Waals surface area contributed by atoms with Crippen LogP contribution in [-0.2, 0) is 11.3 Å². The Hall–Kier alpha value is -3.20. The lowest BCUT2D eigenvalue weighted by Crippen LogP contribution is -2.39. The monoisotopic (exact) mass is 402 g/mol. The van der Waals surface area contributed by atoms with Crippen molar-refractivity contribution in [3.63, 3.8) is 0 Å². The SMILES string of the molecule is CCOc1ccc2nc(NC(=O)CNC(=O)NCc3ccc(F)cc3)sc2c1. The molecule has 0 spiro atoms. The number of aromatic nitrogens is 1. The van der Waals surface area contributed by atoms with E-state index in [1.807, 2.05) is 25.1 Å². The lowest BCUT2D eigenvalue weighted by molar-refractivity contribution is -0.115. The average molecular weight is 402 g/mol. The number of rotatable bonds is 7. The zero-order chi connectivity index (χ0) is 19.9. The highest BCUT2D eigenvalue weighted by Crippen LogP contribution is 2.29. The van der Waals surface area contributed by atoms with Crippen LogP contribution in [0, 0.1) is 5.82 Å². The van der Waals surface area contributed by atoms with Crippen molar-refractivity contribution in [1.82, 2.24) is 15.6 Å². The maximum absolute atomic E-state index is 12.8. The first-order valence-corrected chi connectivity index (χ1v) is 9.44. The van der Waals surface area contributed by atoms with Crippen molar-refractivity contribution in [1.29, 1.82) is 0 Å². The van der Waals surface area contributed by atoms with Gasteiger partial charge in [-0.3, -0.25) is 4.79 Å². The Kier molecular flexibility index (Phi) is 6.38. The predicted molar refractivity (Wildman–Crippen MR) is 106 cm³/mol. The van der Waals surface area contributed by atoms with Gasteiger partial charge in [-0.15, -0.1) is 0 Å². The van der Waals surface area contributed by atoms with Crippen LogP contribution < -0.4 is 20.7 Å². The minimum atomic E-state index is -0.495. The van der Waals surface area contributed by atoms with Crippen LogP contribution in [0.1, 0.15) is 12.5 Å². The van der Waals surface area contributed by atoms with Crippen LogP contribution in [0.25, 0.3) is 10.2 Å². The summed E-state index contributed by atoms with van der Waals surface area (Å²) >= 11 is 1.33. The average Bonchev–Trinajstić information content (AvgIpc) is 3.07. The highest BCUT2D eigenvalue weighted by atomic mass is 32.1. The molecule has 146 valence electrons. The molecular formula is C19H19FN4O3S. The van der Waals surface area contributed by atoms with Crippen LogP contribution in [0.2, 0.25) is 0 Å². The van der Waals surface area contributed by atoms with E-state index in [4.69, 9.17) is 4.74 Å². The van der Waals surface area contributed by atoms with E-state index in [-0.39, 0.29) is 24.8 Å². The molecule has 3 amide bonds. The highest BCUT2D eigenvalue weighted by molar-refractivity contribution is 7.22. The third-order valence-electron chi connectivity index (χ3n) is 3.69. The standard InChI is InChI=1S/C19H19FN4O3S/c1-2-27-14-7-8-15-16(9-14)28-19(23-15)24-17(25)11-22-18(26)21-10-12-3-5-13(20)6-4-12/h3-9H,2,10-11H2,1H3,(H2,21,22,26)(H,23,24,25). The number of carbonyl (C=O) groups excluding carboxylic acids is 2. The molecular weight excluding hydrogens is 383 g/mol. The molecule has 1 heterocycles. The van der Waals surface area contributed by atoms with Crippen molar-refractivity contribution >= 4 is 38.6 Å². The van der Waals surface area contributed by atoms with Crippen LogP contribution in [0.5, 0.6) is 5.75 Å². The van der Waals surface area contributed by atoms with E-state index in [2.05, 4.69) is 20.9 Å². The van der Waals surface area contributed by atoms with Crippen molar-refractivity contribution < 1.29 is 18.7 Å². The van der Waals surface area contributed by atoms with Gasteiger partial charge < -0.3 is 20.7 Å². The number of hydrogen-bond donors (Lipinski definition) is 3. The molecule has 3 aromatic rings. The topological polar surface area (TPSA) is 92.3 Å². The second kappa shape index (κ2) is 9.14. The van der Waals surface area contributed by atoms with E-state index < -0.39 is 6.03 Å². The Morgan fingerprint density at radius 1 is 1.14 bits per heavy atom. The summed E-state index contributed by atoms with van der Waals surface area (Å²) in [6.07, 6.45) is 0. The minimum Gasteiger partial charge on any atom is -0.494 e. The van der Waals surface area contributed by atoms with Gasteiger partial charge in [0, 0.05) is 6.54 Å². The fourth-order valence-corrected chi connectivity index (χ4v) is 3.30. The van der Waals surface area contributed by atoms with Crippen LogP contribution in [-0.4, -0.2) is 30.1 Å². The van der Waals surface area contributed by atoms with E-state index in [1.165, 1.54) is 23.5 Å². The number of urea groups is 1. The number of ether oxygens (including phenoxy) is 1. The summed E-state index contributed by atoms with van der Waals surface area (Å²) in [5, 5.41) is 8.17. The molecule has 3 rings (SSSR count). The van der Waals surface area contributed by atoms with Gasteiger partial charge in [-0.25, -0.2) is 14.2 Å². The molecule has 0 fully saturated rings. The molecule has 0 saturated carbocycles. The number of thiazole rings is 1. The Bertz CT molecular complexity index is 975. The van der Waals surface area contributed by atoms with Gasteiger partial charge in [-0.05, 0) is 42.8 Å². The van der Waals surface area contributed by atoms with E-state index in [0.29, 0.717) is 11.7 Å². The quantitative estimate of drug-likeness (QED) is 0.566. The van der Waals surface area contributed by atoms with Gasteiger partial charge in [0.05, 0.1) is 23.4 Å². The second-order valence-electron chi connectivity index (χ2n) is 5.79. The minimum absolute atomic E-state index is 0.199. The van der Waals surface area contributed by atoms with E-state index in [0.717, 1.165) is 21.5 Å². The summed E-state index contributed by atoms with van der Waals surface area (Å²) < 4.78 is 19.2. The molecule has 9 heteroatoms. The van der Waals surface area contributed by atoms with E-state index >= 15 is 0 Å². The summed E-state index contributed by atoms with van der Waals surface area (Å²) in [5.41, 5.74) is 1.51. The molecule has 7 nitrogen and oxygen atoms in total. The second-order valence-corrected chi connectivity index (χ2v) is 6.82. The van der Waals surface area contributed by atoms with Crippen molar-refractivity contribution in [2.24, 2.45) is 0 Å². The molecule has 0 radical (unpaired) electrons. The number of carbonyl (C=O) groups is 2. The third kappa shape index (κ3) is 5.40. The number of hydrogen-bond acceptors (Lipinski definition) is 5.